The van der Waals surface area contributed by atoms with Crippen LogP contribution in [0, 0.1) is 0 Å². The molecule has 370 valence electrons. The summed E-state index contributed by atoms with van der Waals surface area (Å²) >= 11 is 2.00. The van der Waals surface area contributed by atoms with E-state index in [9.17, 15) is 0 Å². The lowest BCUT2D eigenvalue weighted by Crippen LogP contribution is -2.60. The summed E-state index contributed by atoms with van der Waals surface area (Å²) in [5, 5.41) is 3.58. The Morgan fingerprint density at radius 1 is 0.487 bits per heavy atom. The minimum Gasteiger partial charge on any atom is -0.454 e. The molecule has 11 aromatic rings. The second-order valence-corrected chi connectivity index (χ2v) is 26.2. The van der Waals surface area contributed by atoms with E-state index in [1.165, 1.54) is 110 Å². The quantitative estimate of drug-likeness (QED) is 0.164. The van der Waals surface area contributed by atoms with E-state index < -0.39 is 0 Å². The van der Waals surface area contributed by atoms with Gasteiger partial charge in [-0.05, 0) is 162 Å². The van der Waals surface area contributed by atoms with E-state index in [0.717, 1.165) is 46.2 Å². The van der Waals surface area contributed by atoms with Crippen LogP contribution in [0.3, 0.4) is 0 Å². The molecule has 0 bridgehead atoms. The summed E-state index contributed by atoms with van der Waals surface area (Å²) in [6.07, 6.45) is 2.30. The van der Waals surface area contributed by atoms with Crippen molar-refractivity contribution in [2.24, 2.45) is 0 Å². The van der Waals surface area contributed by atoms with Gasteiger partial charge in [0.1, 0.15) is 5.58 Å². The summed E-state index contributed by atoms with van der Waals surface area (Å²) in [6, 6.07) is 69.2. The van der Waals surface area contributed by atoms with Crippen molar-refractivity contribution in [1.82, 2.24) is 0 Å². The van der Waals surface area contributed by atoms with Crippen LogP contribution in [-0.4, -0.2) is 6.85 Å². The van der Waals surface area contributed by atoms with Gasteiger partial charge in [-0.15, -0.1) is 11.3 Å². The molecule has 3 nitrogen and oxygen atoms in total. The third kappa shape index (κ3) is 6.42. The van der Waals surface area contributed by atoms with Gasteiger partial charge in [0, 0.05) is 53.7 Å². The van der Waals surface area contributed by atoms with Crippen LogP contribution in [0.15, 0.2) is 186 Å². The molecule has 2 aromatic heterocycles. The van der Waals surface area contributed by atoms with E-state index in [-0.39, 0.29) is 28.5 Å². The zero-order chi connectivity index (χ0) is 51.8. The van der Waals surface area contributed by atoms with Crippen molar-refractivity contribution in [2.45, 2.75) is 96.8 Å². The number of nitrogens with zero attached hydrogens (tertiary/aromatic N) is 2. The first-order valence-electron chi connectivity index (χ1n) is 27.4. The Labute approximate surface area is 451 Å². The van der Waals surface area contributed by atoms with Crippen LogP contribution in [0.25, 0.3) is 76.5 Å². The first kappa shape index (κ1) is 45.8. The van der Waals surface area contributed by atoms with E-state index in [2.05, 4.69) is 254 Å². The predicted octanol–water partition coefficient (Wildman–Crippen LogP) is 18.8. The zero-order valence-electron chi connectivity index (χ0n) is 45.0. The van der Waals surface area contributed by atoms with Crippen molar-refractivity contribution in [2.75, 3.05) is 9.71 Å². The van der Waals surface area contributed by atoms with Crippen LogP contribution in [0.2, 0.25) is 0 Å². The summed E-state index contributed by atoms with van der Waals surface area (Å²) in [4.78, 5) is 5.38. The van der Waals surface area contributed by atoms with Gasteiger partial charge in [-0.3, -0.25) is 0 Å². The highest BCUT2D eigenvalue weighted by molar-refractivity contribution is 7.32. The second-order valence-electron chi connectivity index (χ2n) is 25.1. The number of rotatable bonds is 4. The Bertz CT molecular complexity index is 4250. The fourth-order valence-corrected chi connectivity index (χ4v) is 15.4. The van der Waals surface area contributed by atoms with Crippen molar-refractivity contribution >= 4 is 88.9 Å². The van der Waals surface area contributed by atoms with Crippen molar-refractivity contribution in [3.63, 3.8) is 0 Å². The molecule has 2 aliphatic carbocycles. The molecule has 0 spiro atoms. The number of anilines is 5. The van der Waals surface area contributed by atoms with E-state index in [4.69, 9.17) is 4.42 Å². The maximum absolute atomic E-state index is 7.41. The standard InChI is InChI=1S/C71H61BN2OS/c1-68(2,3)55-33-32-46(36-49(55)44-22-14-11-15-23-44)73-64-54-39-58-59(70(6,7)35-34-69(58,4)5)41-62(54)76-67(64)72-63-52(38-53-48-25-17-19-27-61(48)75-66(53)65(63)73)51-37-50-47-24-16-18-26-56(47)71(8,9)57(50)40-60(51)74(72)45-30-28-43(29-31-45)42-20-12-10-13-21-42/h10-33,36-41H,34-35H2,1-9H3. The third-order valence-corrected chi connectivity index (χ3v) is 19.4. The Kier molecular flexibility index (Phi) is 9.48. The van der Waals surface area contributed by atoms with Gasteiger partial charge in [-0.25, -0.2) is 0 Å². The molecule has 0 unspecified atom stereocenters. The lowest BCUT2D eigenvalue weighted by atomic mass is 9.46. The number of hydrogen-bond acceptors (Lipinski definition) is 4. The highest BCUT2D eigenvalue weighted by Gasteiger charge is 2.50. The molecule has 0 saturated heterocycles. The minimum absolute atomic E-state index is 0.0142. The molecule has 4 aliphatic rings. The highest BCUT2D eigenvalue weighted by Crippen LogP contribution is 2.58. The molecular formula is C71H61BN2OS. The number of para-hydroxylation sites is 1. The predicted molar refractivity (Wildman–Crippen MR) is 325 cm³/mol. The van der Waals surface area contributed by atoms with Gasteiger partial charge in [-0.1, -0.05) is 184 Å². The van der Waals surface area contributed by atoms with Crippen LogP contribution >= 0.6 is 11.3 Å². The Morgan fingerprint density at radius 2 is 1.13 bits per heavy atom. The second kappa shape index (κ2) is 15.7. The average molecular weight is 1000 g/mol. The number of hydrogen-bond donors (Lipinski definition) is 0. The Hall–Kier alpha value is -7.60. The SMILES string of the molecule is CC(C)(C)c1ccc(N2c3c(sc4cc5c(cc34)C(C)(C)CCC5(C)C)B3c4c(cc5c(oc6ccccc65)c42)-c2cc4c(cc2N3c2ccc(-c3ccccc3)cc2)C(C)(C)c2ccccc2-4)cc1-c1ccccc1. The summed E-state index contributed by atoms with van der Waals surface area (Å²) < 4.78 is 10.1. The summed E-state index contributed by atoms with van der Waals surface area (Å²) in [5.74, 6) is 0. The Balaban J connectivity index is 1.12. The van der Waals surface area contributed by atoms with Gasteiger partial charge in [0.25, 0.3) is 0 Å². The molecule has 5 heteroatoms. The van der Waals surface area contributed by atoms with Crippen molar-refractivity contribution in [3.8, 4) is 44.5 Å². The van der Waals surface area contributed by atoms with Gasteiger partial charge in [0.2, 0.25) is 0 Å². The molecule has 0 atom stereocenters. The molecule has 0 radical (unpaired) electrons. The summed E-state index contributed by atoms with van der Waals surface area (Å²) in [7, 11) is 0. The zero-order valence-corrected chi connectivity index (χ0v) is 45.8. The number of thiophene rings is 1. The van der Waals surface area contributed by atoms with Crippen molar-refractivity contribution in [3.05, 3.63) is 210 Å². The highest BCUT2D eigenvalue weighted by atomic mass is 32.1. The van der Waals surface area contributed by atoms with Crippen LogP contribution in [0.5, 0.6) is 0 Å². The number of furan rings is 1. The molecule has 4 heterocycles. The smallest absolute Gasteiger partial charge is 0.343 e. The minimum atomic E-state index is -0.194. The fourth-order valence-electron chi connectivity index (χ4n) is 14.1. The van der Waals surface area contributed by atoms with Gasteiger partial charge in [0.05, 0.1) is 11.4 Å². The molecule has 0 saturated carbocycles. The molecule has 0 N–H and O–H groups in total. The Morgan fingerprint density at radius 3 is 1.87 bits per heavy atom. The van der Waals surface area contributed by atoms with Gasteiger partial charge < -0.3 is 14.1 Å². The van der Waals surface area contributed by atoms with E-state index in [1.54, 1.807) is 0 Å². The first-order chi connectivity index (χ1) is 36.6. The van der Waals surface area contributed by atoms with Crippen LogP contribution < -0.4 is 20.0 Å². The van der Waals surface area contributed by atoms with Gasteiger partial charge in [-0.2, -0.15) is 0 Å². The average Bonchev–Trinajstić information content (AvgIpc) is 4.19. The van der Waals surface area contributed by atoms with Crippen LogP contribution in [0.1, 0.15) is 103 Å². The largest absolute Gasteiger partial charge is 0.454 e. The van der Waals surface area contributed by atoms with Crippen LogP contribution in [-0.2, 0) is 21.7 Å². The summed E-state index contributed by atoms with van der Waals surface area (Å²) in [5.41, 5.74) is 25.9. The monoisotopic (exact) mass is 1000 g/mol. The summed E-state index contributed by atoms with van der Waals surface area (Å²) in [6.45, 7) is 21.5. The van der Waals surface area contributed by atoms with E-state index in [1.807, 2.05) is 11.3 Å². The molecule has 0 fully saturated rings. The normalized spacial score (nSPS) is 16.4. The topological polar surface area (TPSA) is 19.6 Å². The first-order valence-corrected chi connectivity index (χ1v) is 28.2. The van der Waals surface area contributed by atoms with E-state index in [0.29, 0.717) is 0 Å². The molecular weight excluding hydrogens is 940 g/mol. The lowest BCUT2D eigenvalue weighted by molar-refractivity contribution is 0.332. The molecule has 76 heavy (non-hydrogen) atoms. The van der Waals surface area contributed by atoms with E-state index >= 15 is 0 Å². The van der Waals surface area contributed by atoms with Crippen molar-refractivity contribution in [1.29, 1.82) is 0 Å². The van der Waals surface area contributed by atoms with Gasteiger partial charge in [0.15, 0.2) is 5.58 Å². The maximum atomic E-state index is 7.41. The molecule has 2 aliphatic heterocycles. The van der Waals surface area contributed by atoms with Crippen LogP contribution in [0.4, 0.5) is 28.4 Å². The fraction of sp³-hybridized carbons (Fsp3) is 0.211. The third-order valence-electron chi connectivity index (χ3n) is 18.2. The molecule has 15 rings (SSSR count). The van der Waals surface area contributed by atoms with Crippen molar-refractivity contribution < 1.29 is 4.42 Å². The number of benzene rings is 9. The molecule has 0 amide bonds. The lowest BCUT2D eigenvalue weighted by Gasteiger charge is -2.45. The molecule has 9 aromatic carbocycles. The number of fused-ring (bicyclic) bond motifs is 14. The van der Waals surface area contributed by atoms with Gasteiger partial charge >= 0.3 is 6.85 Å². The maximum Gasteiger partial charge on any atom is 0.343 e.